The van der Waals surface area contributed by atoms with Crippen LogP contribution in [0.4, 0.5) is 5.82 Å². The van der Waals surface area contributed by atoms with E-state index in [0.29, 0.717) is 5.82 Å². The number of carbonyl (C=O) groups is 1. The van der Waals surface area contributed by atoms with Crippen molar-refractivity contribution in [3.05, 3.63) is 22.8 Å². The molecule has 0 aliphatic carbocycles. The van der Waals surface area contributed by atoms with E-state index in [0.717, 1.165) is 31.8 Å². The average Bonchev–Trinajstić information content (AvgIpc) is 2.64. The number of anilines is 1. The Bertz CT molecular complexity index is 479. The first-order valence-corrected chi connectivity index (χ1v) is 7.63. The van der Waals surface area contributed by atoms with E-state index in [2.05, 4.69) is 16.8 Å². The molecule has 1 aromatic heterocycles. The van der Waals surface area contributed by atoms with E-state index in [9.17, 15) is 4.79 Å². The van der Waals surface area contributed by atoms with Gasteiger partial charge >= 0.3 is 5.97 Å². The van der Waals surface area contributed by atoms with Crippen molar-refractivity contribution in [1.82, 2.24) is 4.98 Å². The number of hydrogen-bond donors (Lipinski definition) is 1. The maximum atomic E-state index is 11.1. The summed E-state index contributed by atoms with van der Waals surface area (Å²) in [6, 6.07) is 3.01. The number of carboxylic acid groups (broad SMARTS) is 1. The Balaban J connectivity index is 2.13. The van der Waals surface area contributed by atoms with Crippen molar-refractivity contribution in [2.45, 2.75) is 39.0 Å². The molecule has 2 heterocycles. The third-order valence-electron chi connectivity index (χ3n) is 3.90. The second-order valence-electron chi connectivity index (χ2n) is 5.41. The first-order valence-electron chi connectivity index (χ1n) is 7.26. The van der Waals surface area contributed by atoms with Crippen LogP contribution >= 0.6 is 11.6 Å². The summed E-state index contributed by atoms with van der Waals surface area (Å²) in [7, 11) is 0. The molecular weight excluding hydrogens is 276 g/mol. The van der Waals surface area contributed by atoms with Crippen LogP contribution in [0.2, 0.25) is 5.15 Å². The normalized spacial score (nSPS) is 19.7. The van der Waals surface area contributed by atoms with Gasteiger partial charge in [0.1, 0.15) is 11.0 Å². The summed E-state index contributed by atoms with van der Waals surface area (Å²) in [6.07, 6.45) is 6.02. The van der Waals surface area contributed by atoms with Gasteiger partial charge in [0.25, 0.3) is 0 Å². The highest BCUT2D eigenvalue weighted by Crippen LogP contribution is 2.26. The van der Waals surface area contributed by atoms with Crippen LogP contribution in [0.3, 0.4) is 0 Å². The van der Waals surface area contributed by atoms with Crippen LogP contribution in [0.25, 0.3) is 0 Å². The molecule has 4 nitrogen and oxygen atoms in total. The maximum absolute atomic E-state index is 11.1. The lowest BCUT2D eigenvalue weighted by Gasteiger charge is -2.22. The highest BCUT2D eigenvalue weighted by atomic mass is 35.5. The molecule has 0 saturated carbocycles. The molecule has 1 fully saturated rings. The lowest BCUT2D eigenvalue weighted by molar-refractivity contribution is 0.0697. The number of carboxylic acids is 1. The lowest BCUT2D eigenvalue weighted by atomic mass is 9.96. The summed E-state index contributed by atoms with van der Waals surface area (Å²) in [5.41, 5.74) is 0.203. The Hall–Kier alpha value is -1.29. The summed E-state index contributed by atoms with van der Waals surface area (Å²) in [5, 5.41) is 9.34. The topological polar surface area (TPSA) is 53.4 Å². The third kappa shape index (κ3) is 3.85. The van der Waals surface area contributed by atoms with Crippen molar-refractivity contribution in [2.75, 3.05) is 18.0 Å². The molecule has 1 aliphatic heterocycles. The fourth-order valence-electron chi connectivity index (χ4n) is 2.86. The lowest BCUT2D eigenvalue weighted by Crippen LogP contribution is -2.25. The monoisotopic (exact) mass is 296 g/mol. The van der Waals surface area contributed by atoms with Crippen LogP contribution in [0.15, 0.2) is 12.1 Å². The first kappa shape index (κ1) is 15.1. The van der Waals surface area contributed by atoms with Gasteiger partial charge in [-0.2, -0.15) is 0 Å². The van der Waals surface area contributed by atoms with E-state index >= 15 is 0 Å². The number of pyridine rings is 1. The molecule has 0 radical (unpaired) electrons. The van der Waals surface area contributed by atoms with Crippen LogP contribution in [-0.2, 0) is 0 Å². The number of nitrogens with zero attached hydrogens (tertiary/aromatic N) is 2. The molecule has 2 rings (SSSR count). The van der Waals surface area contributed by atoms with E-state index in [1.165, 1.54) is 25.3 Å². The highest BCUT2D eigenvalue weighted by Gasteiger charge is 2.19. The second kappa shape index (κ2) is 6.93. The van der Waals surface area contributed by atoms with Crippen LogP contribution in [0.5, 0.6) is 0 Å². The Kier molecular flexibility index (Phi) is 5.24. The molecule has 5 heteroatoms. The zero-order chi connectivity index (χ0) is 14.5. The Morgan fingerprint density at radius 3 is 2.95 bits per heavy atom. The molecule has 1 saturated heterocycles. The van der Waals surface area contributed by atoms with Gasteiger partial charge in [0.2, 0.25) is 0 Å². The van der Waals surface area contributed by atoms with Gasteiger partial charge < -0.3 is 10.0 Å². The quantitative estimate of drug-likeness (QED) is 0.858. The van der Waals surface area contributed by atoms with Crippen molar-refractivity contribution >= 4 is 23.4 Å². The van der Waals surface area contributed by atoms with E-state index in [-0.39, 0.29) is 10.7 Å². The van der Waals surface area contributed by atoms with E-state index < -0.39 is 5.97 Å². The molecule has 0 aromatic carbocycles. The molecule has 1 unspecified atom stereocenters. The maximum Gasteiger partial charge on any atom is 0.335 e. The molecule has 20 heavy (non-hydrogen) atoms. The summed E-state index contributed by atoms with van der Waals surface area (Å²) in [4.78, 5) is 17.5. The smallest absolute Gasteiger partial charge is 0.335 e. The van der Waals surface area contributed by atoms with E-state index in [1.807, 2.05) is 0 Å². The highest BCUT2D eigenvalue weighted by molar-refractivity contribution is 6.29. The van der Waals surface area contributed by atoms with Crippen molar-refractivity contribution in [1.29, 1.82) is 0 Å². The van der Waals surface area contributed by atoms with Crippen LogP contribution in [-0.4, -0.2) is 29.1 Å². The summed E-state index contributed by atoms with van der Waals surface area (Å²) < 4.78 is 0. The largest absolute Gasteiger partial charge is 0.478 e. The minimum Gasteiger partial charge on any atom is -0.478 e. The number of aromatic carboxylic acids is 1. The zero-order valence-corrected chi connectivity index (χ0v) is 12.6. The van der Waals surface area contributed by atoms with E-state index in [4.69, 9.17) is 16.7 Å². The van der Waals surface area contributed by atoms with Crippen molar-refractivity contribution in [3.8, 4) is 0 Å². The van der Waals surface area contributed by atoms with Gasteiger partial charge in [-0.1, -0.05) is 31.4 Å². The minimum absolute atomic E-state index is 0.203. The third-order valence-corrected chi connectivity index (χ3v) is 4.09. The van der Waals surface area contributed by atoms with Gasteiger partial charge in [0.15, 0.2) is 0 Å². The zero-order valence-electron chi connectivity index (χ0n) is 11.8. The van der Waals surface area contributed by atoms with Gasteiger partial charge in [-0.3, -0.25) is 0 Å². The van der Waals surface area contributed by atoms with Crippen molar-refractivity contribution < 1.29 is 9.90 Å². The standard InChI is InChI=1S/C15H21ClN2O2/c1-2-4-11-5-3-7-18(8-6-11)14-10-12(15(19)20)9-13(16)17-14/h9-11H,2-8H2,1H3,(H,19,20). The number of aromatic nitrogens is 1. The average molecular weight is 297 g/mol. The van der Waals surface area contributed by atoms with Gasteiger partial charge in [-0.05, 0) is 37.3 Å². The molecule has 0 amide bonds. The number of halogens is 1. The fraction of sp³-hybridized carbons (Fsp3) is 0.600. The Morgan fingerprint density at radius 2 is 2.25 bits per heavy atom. The van der Waals surface area contributed by atoms with Crippen LogP contribution in [0, 0.1) is 5.92 Å². The number of hydrogen-bond acceptors (Lipinski definition) is 3. The first-order chi connectivity index (χ1) is 9.60. The number of rotatable bonds is 4. The minimum atomic E-state index is -0.964. The van der Waals surface area contributed by atoms with Crippen LogP contribution < -0.4 is 4.90 Å². The summed E-state index contributed by atoms with van der Waals surface area (Å²) in [5.74, 6) is 0.504. The van der Waals surface area contributed by atoms with Crippen molar-refractivity contribution in [2.24, 2.45) is 5.92 Å². The summed E-state index contributed by atoms with van der Waals surface area (Å²) in [6.45, 7) is 4.07. The fourth-order valence-corrected chi connectivity index (χ4v) is 3.06. The molecule has 1 N–H and O–H groups in total. The predicted octanol–water partition coefficient (Wildman–Crippen LogP) is 3.84. The predicted molar refractivity (Wildman–Crippen MR) is 80.7 cm³/mol. The molecule has 1 aliphatic rings. The molecule has 0 spiro atoms. The van der Waals surface area contributed by atoms with Gasteiger partial charge in [0, 0.05) is 13.1 Å². The molecule has 1 aromatic rings. The van der Waals surface area contributed by atoms with Gasteiger partial charge in [-0.25, -0.2) is 9.78 Å². The van der Waals surface area contributed by atoms with Crippen LogP contribution in [0.1, 0.15) is 49.4 Å². The molecular formula is C15H21ClN2O2. The second-order valence-corrected chi connectivity index (χ2v) is 5.80. The molecule has 110 valence electrons. The van der Waals surface area contributed by atoms with Gasteiger partial charge in [-0.15, -0.1) is 0 Å². The Labute approximate surface area is 124 Å². The summed E-state index contributed by atoms with van der Waals surface area (Å²) >= 11 is 5.93. The Morgan fingerprint density at radius 1 is 1.45 bits per heavy atom. The van der Waals surface area contributed by atoms with Crippen molar-refractivity contribution in [3.63, 3.8) is 0 Å². The molecule has 1 atom stereocenters. The van der Waals surface area contributed by atoms with E-state index in [1.54, 1.807) is 6.07 Å². The molecule has 0 bridgehead atoms. The van der Waals surface area contributed by atoms with Gasteiger partial charge in [0.05, 0.1) is 5.56 Å². The SMILES string of the molecule is CCCC1CCCN(c2cc(C(=O)O)cc(Cl)n2)CC1.